The normalized spacial score (nSPS) is 16.9. The van der Waals surface area contributed by atoms with E-state index in [-0.39, 0.29) is 11.9 Å². The number of ether oxygens (including phenoxy) is 2. The number of nitrogens with zero attached hydrogens (tertiary/aromatic N) is 1. The van der Waals surface area contributed by atoms with Gasteiger partial charge in [-0.05, 0) is 135 Å². The average Bonchev–Trinajstić information content (AvgIpc) is 3.04. The summed E-state index contributed by atoms with van der Waals surface area (Å²) in [5.41, 5.74) is 6.15. The second kappa shape index (κ2) is 13.8. The number of methoxy groups -OCH3 is 1. The van der Waals surface area contributed by atoms with Crippen LogP contribution < -0.4 is 14.8 Å². The van der Waals surface area contributed by atoms with E-state index in [2.05, 4.69) is 23.5 Å². The van der Waals surface area contributed by atoms with Crippen LogP contribution in [0.4, 0.5) is 4.79 Å². The van der Waals surface area contributed by atoms with Crippen molar-refractivity contribution in [2.24, 2.45) is 5.41 Å². The highest BCUT2D eigenvalue weighted by Crippen LogP contribution is 2.37. The van der Waals surface area contributed by atoms with Gasteiger partial charge in [-0.15, -0.1) is 0 Å². The zero-order valence-corrected chi connectivity index (χ0v) is 26.7. The fourth-order valence-corrected chi connectivity index (χ4v) is 6.37. The molecule has 45 heavy (non-hydrogen) atoms. The fraction of sp³-hybridized carbons (Fsp3) is 0.432. The topological polar surface area (TPSA) is 105 Å². The van der Waals surface area contributed by atoms with Gasteiger partial charge in [-0.25, -0.2) is 4.79 Å². The summed E-state index contributed by atoms with van der Waals surface area (Å²) < 4.78 is 11.2. The molecule has 0 aromatic heterocycles. The van der Waals surface area contributed by atoms with Crippen molar-refractivity contribution in [3.63, 3.8) is 0 Å². The van der Waals surface area contributed by atoms with Gasteiger partial charge >= 0.3 is 12.1 Å². The number of nitrogens with one attached hydrogen (secondary N) is 1. The van der Waals surface area contributed by atoms with Gasteiger partial charge in [0.15, 0.2) is 0 Å². The highest BCUT2D eigenvalue weighted by molar-refractivity contribution is 5.94. The van der Waals surface area contributed by atoms with Crippen LogP contribution in [0.2, 0.25) is 0 Å². The summed E-state index contributed by atoms with van der Waals surface area (Å²) in [5.74, 6) is 1.70. The number of likely N-dealkylation sites (tertiary alicyclic amines) is 1. The Morgan fingerprint density at radius 1 is 0.889 bits per heavy atom. The molecule has 1 aliphatic heterocycles. The molecule has 1 atom stereocenters. The quantitative estimate of drug-likeness (QED) is 0.215. The molecule has 2 N–H and O–H groups in total. The number of hydrogen-bond acceptors (Lipinski definition) is 5. The van der Waals surface area contributed by atoms with Gasteiger partial charge in [0.05, 0.1) is 12.5 Å². The van der Waals surface area contributed by atoms with E-state index in [0.717, 1.165) is 43.4 Å². The minimum Gasteiger partial charge on any atom is -0.497 e. The number of piperidine rings is 1. The smallest absolute Gasteiger partial charge is 0.407 e. The SMILES string of the molecule is COc1ccc(C2CCc3cc(OC(=O)C(C)(C)C)ccc3C2)c(CCNC(=O)c2ccc(C3CCN(C(=O)O)CC3)cc2)c1. The second-order valence-corrected chi connectivity index (χ2v) is 13.2. The summed E-state index contributed by atoms with van der Waals surface area (Å²) in [6, 6.07) is 19.9. The summed E-state index contributed by atoms with van der Waals surface area (Å²) >= 11 is 0. The number of carbonyl (C=O) groups is 3. The fourth-order valence-electron chi connectivity index (χ4n) is 6.37. The number of rotatable bonds is 8. The Kier molecular flexibility index (Phi) is 9.80. The Balaban J connectivity index is 1.19. The minimum absolute atomic E-state index is 0.110. The molecule has 3 aromatic carbocycles. The Bertz CT molecular complexity index is 1530. The number of fused-ring (bicyclic) bond motifs is 1. The molecule has 1 saturated heterocycles. The van der Waals surface area contributed by atoms with Crippen molar-refractivity contribution >= 4 is 18.0 Å². The molecule has 2 amide bonds. The first-order chi connectivity index (χ1) is 21.5. The van der Waals surface area contributed by atoms with Crippen molar-refractivity contribution in [1.82, 2.24) is 10.2 Å². The van der Waals surface area contributed by atoms with Gasteiger partial charge < -0.3 is 24.8 Å². The molecule has 2 aliphatic rings. The van der Waals surface area contributed by atoms with Crippen LogP contribution in [0.5, 0.6) is 11.5 Å². The largest absolute Gasteiger partial charge is 0.497 e. The van der Waals surface area contributed by atoms with E-state index < -0.39 is 11.5 Å². The Labute approximate surface area is 265 Å². The predicted molar refractivity (Wildman–Crippen MR) is 173 cm³/mol. The monoisotopic (exact) mass is 612 g/mol. The molecule has 0 bridgehead atoms. The van der Waals surface area contributed by atoms with Crippen LogP contribution in [0.15, 0.2) is 60.7 Å². The number of amides is 2. The third kappa shape index (κ3) is 7.85. The van der Waals surface area contributed by atoms with Crippen LogP contribution in [0.1, 0.15) is 90.0 Å². The third-order valence-corrected chi connectivity index (χ3v) is 9.11. The molecule has 238 valence electrons. The Morgan fingerprint density at radius 3 is 2.27 bits per heavy atom. The molecule has 3 aromatic rings. The second-order valence-electron chi connectivity index (χ2n) is 13.2. The molecule has 0 radical (unpaired) electrons. The van der Waals surface area contributed by atoms with E-state index in [1.165, 1.54) is 27.2 Å². The van der Waals surface area contributed by atoms with Crippen molar-refractivity contribution in [2.45, 2.75) is 71.1 Å². The van der Waals surface area contributed by atoms with Crippen molar-refractivity contribution in [3.05, 3.63) is 94.0 Å². The van der Waals surface area contributed by atoms with E-state index in [9.17, 15) is 19.5 Å². The number of esters is 1. The average molecular weight is 613 g/mol. The number of benzene rings is 3. The lowest BCUT2D eigenvalue weighted by Crippen LogP contribution is -2.36. The molecule has 1 heterocycles. The number of aryl methyl sites for hydroxylation is 1. The van der Waals surface area contributed by atoms with Crippen molar-refractivity contribution in [3.8, 4) is 11.5 Å². The van der Waals surface area contributed by atoms with Gasteiger partial charge in [0, 0.05) is 25.2 Å². The molecule has 1 aliphatic carbocycles. The van der Waals surface area contributed by atoms with Gasteiger partial charge in [0.2, 0.25) is 0 Å². The number of carbonyl (C=O) groups excluding carboxylic acids is 2. The van der Waals surface area contributed by atoms with Gasteiger partial charge in [0.25, 0.3) is 5.91 Å². The third-order valence-electron chi connectivity index (χ3n) is 9.11. The predicted octanol–water partition coefficient (Wildman–Crippen LogP) is 6.75. The molecule has 0 saturated carbocycles. The van der Waals surface area contributed by atoms with Gasteiger partial charge in [-0.1, -0.05) is 24.3 Å². The molecule has 0 spiro atoms. The van der Waals surface area contributed by atoms with E-state index in [0.29, 0.717) is 49.2 Å². The summed E-state index contributed by atoms with van der Waals surface area (Å²) in [5, 5.41) is 12.3. The van der Waals surface area contributed by atoms with E-state index in [4.69, 9.17) is 9.47 Å². The van der Waals surface area contributed by atoms with Gasteiger partial charge in [0.1, 0.15) is 11.5 Å². The zero-order chi connectivity index (χ0) is 32.1. The lowest BCUT2D eigenvalue weighted by molar-refractivity contribution is -0.143. The molecular formula is C37H44N2O6. The Morgan fingerprint density at radius 2 is 1.60 bits per heavy atom. The molecular weight excluding hydrogens is 568 g/mol. The van der Waals surface area contributed by atoms with Crippen molar-refractivity contribution < 1.29 is 29.0 Å². The van der Waals surface area contributed by atoms with Crippen molar-refractivity contribution in [2.75, 3.05) is 26.7 Å². The van der Waals surface area contributed by atoms with Crippen LogP contribution in [-0.4, -0.2) is 54.7 Å². The van der Waals surface area contributed by atoms with Crippen LogP contribution in [0, 0.1) is 5.41 Å². The van der Waals surface area contributed by atoms with Gasteiger partial charge in [-0.2, -0.15) is 0 Å². The first-order valence-corrected chi connectivity index (χ1v) is 15.9. The van der Waals surface area contributed by atoms with Crippen LogP contribution in [-0.2, 0) is 24.1 Å². The summed E-state index contributed by atoms with van der Waals surface area (Å²) in [6.07, 6.45) is 4.19. The standard InChI is InChI=1S/C37H44N2O6/c1-37(2,3)35(41)45-32-12-11-27-21-29(10-9-28(27)22-32)33-14-13-31(44-4)23-30(33)15-18-38-34(40)26-7-5-24(6-8-26)25-16-19-39(20-17-25)36(42)43/h5-8,11-14,22-23,25,29H,9-10,15-21H2,1-4H3,(H,38,40)(H,42,43). The molecule has 8 nitrogen and oxygen atoms in total. The molecule has 1 fully saturated rings. The summed E-state index contributed by atoms with van der Waals surface area (Å²) in [4.78, 5) is 38.0. The molecule has 8 heteroatoms. The van der Waals surface area contributed by atoms with E-state index in [1.54, 1.807) is 7.11 Å². The maximum absolute atomic E-state index is 13.0. The highest BCUT2D eigenvalue weighted by atomic mass is 16.5. The van der Waals surface area contributed by atoms with Crippen LogP contribution in [0.3, 0.4) is 0 Å². The van der Waals surface area contributed by atoms with Crippen molar-refractivity contribution in [1.29, 1.82) is 0 Å². The van der Waals surface area contributed by atoms with Crippen LogP contribution in [0.25, 0.3) is 0 Å². The first kappa shape index (κ1) is 32.1. The maximum Gasteiger partial charge on any atom is 0.407 e. The summed E-state index contributed by atoms with van der Waals surface area (Å²) in [7, 11) is 1.67. The first-order valence-electron chi connectivity index (χ1n) is 15.9. The number of carboxylic acid groups (broad SMARTS) is 1. The van der Waals surface area contributed by atoms with E-state index in [1.807, 2.05) is 63.2 Å². The Hall–Kier alpha value is -4.33. The number of hydrogen-bond donors (Lipinski definition) is 2. The van der Waals surface area contributed by atoms with Crippen LogP contribution >= 0.6 is 0 Å². The molecule has 1 unspecified atom stereocenters. The molecule has 5 rings (SSSR count). The maximum atomic E-state index is 13.0. The lowest BCUT2D eigenvalue weighted by atomic mass is 9.78. The van der Waals surface area contributed by atoms with E-state index >= 15 is 0 Å². The minimum atomic E-state index is -0.860. The van der Waals surface area contributed by atoms with Gasteiger partial charge in [-0.3, -0.25) is 9.59 Å². The highest BCUT2D eigenvalue weighted by Gasteiger charge is 2.27. The zero-order valence-electron chi connectivity index (χ0n) is 26.7. The summed E-state index contributed by atoms with van der Waals surface area (Å²) in [6.45, 7) is 7.14. The lowest BCUT2D eigenvalue weighted by Gasteiger charge is -2.30.